The van der Waals surface area contributed by atoms with Gasteiger partial charge >= 0.3 is 0 Å². The Morgan fingerprint density at radius 2 is 1.39 bits per heavy atom. The summed E-state index contributed by atoms with van der Waals surface area (Å²) in [6.45, 7) is 2.42. The van der Waals surface area contributed by atoms with Crippen molar-refractivity contribution in [1.29, 1.82) is 0 Å². The molecular formula is C21H26N2. The standard InChI is InChI=1S/C21H26N2/c1-22(21-9-8-17-6-2-3-7-18(17)16-21)19-10-12-20(13-11-19)23-14-4-5-15-23/h8-13,16H,2-7,14-15H2,1H3. The van der Waals surface area contributed by atoms with E-state index < -0.39 is 0 Å². The Morgan fingerprint density at radius 1 is 0.739 bits per heavy atom. The molecule has 2 heteroatoms. The van der Waals surface area contributed by atoms with Gasteiger partial charge in [0.05, 0.1) is 0 Å². The van der Waals surface area contributed by atoms with E-state index in [1.165, 1.54) is 68.7 Å². The van der Waals surface area contributed by atoms with Crippen LogP contribution in [-0.2, 0) is 12.8 Å². The molecule has 0 radical (unpaired) electrons. The van der Waals surface area contributed by atoms with Gasteiger partial charge in [0.25, 0.3) is 0 Å². The second kappa shape index (κ2) is 6.27. The minimum atomic E-state index is 1.21. The SMILES string of the molecule is CN(c1ccc(N2CCCC2)cc1)c1ccc2c(c1)CCCC2. The van der Waals surface area contributed by atoms with Crippen LogP contribution in [0.15, 0.2) is 42.5 Å². The van der Waals surface area contributed by atoms with Gasteiger partial charge in [-0.1, -0.05) is 6.07 Å². The highest BCUT2D eigenvalue weighted by molar-refractivity contribution is 5.66. The molecule has 0 bridgehead atoms. The minimum absolute atomic E-state index is 1.21. The summed E-state index contributed by atoms with van der Waals surface area (Å²) in [7, 11) is 2.18. The second-order valence-electron chi connectivity index (χ2n) is 6.93. The molecule has 1 saturated heterocycles. The molecule has 0 amide bonds. The third-order valence-electron chi connectivity index (χ3n) is 5.43. The van der Waals surface area contributed by atoms with Gasteiger partial charge in [0.15, 0.2) is 0 Å². The number of anilines is 3. The highest BCUT2D eigenvalue weighted by Crippen LogP contribution is 2.30. The number of fused-ring (bicyclic) bond motifs is 1. The quantitative estimate of drug-likeness (QED) is 0.793. The zero-order chi connectivity index (χ0) is 15.6. The van der Waals surface area contributed by atoms with Crippen LogP contribution in [0.25, 0.3) is 0 Å². The van der Waals surface area contributed by atoms with Gasteiger partial charge in [-0.15, -0.1) is 0 Å². The van der Waals surface area contributed by atoms with Crippen LogP contribution in [0.5, 0.6) is 0 Å². The first-order valence-electron chi connectivity index (χ1n) is 9.02. The number of hydrogen-bond donors (Lipinski definition) is 0. The van der Waals surface area contributed by atoms with E-state index in [1.54, 1.807) is 11.1 Å². The van der Waals surface area contributed by atoms with Crippen LogP contribution in [0.1, 0.15) is 36.8 Å². The maximum atomic E-state index is 2.49. The summed E-state index contributed by atoms with van der Waals surface area (Å²) in [5.41, 5.74) is 7.04. The predicted octanol–water partition coefficient (Wildman–Crippen LogP) is 4.93. The number of aryl methyl sites for hydroxylation is 2. The first-order valence-corrected chi connectivity index (χ1v) is 9.02. The summed E-state index contributed by atoms with van der Waals surface area (Å²) >= 11 is 0. The highest BCUT2D eigenvalue weighted by atomic mass is 15.1. The molecule has 2 aromatic carbocycles. The summed E-state index contributed by atoms with van der Waals surface area (Å²) in [5, 5.41) is 0. The first kappa shape index (κ1) is 14.6. The van der Waals surface area contributed by atoms with Crippen molar-refractivity contribution < 1.29 is 0 Å². The Balaban J connectivity index is 1.55. The Kier molecular flexibility index (Phi) is 3.99. The van der Waals surface area contributed by atoms with E-state index in [-0.39, 0.29) is 0 Å². The average Bonchev–Trinajstić information content (AvgIpc) is 3.15. The van der Waals surface area contributed by atoms with Crippen molar-refractivity contribution in [3.63, 3.8) is 0 Å². The normalized spacial score (nSPS) is 17.2. The number of nitrogens with zero attached hydrogens (tertiary/aromatic N) is 2. The molecule has 0 N–H and O–H groups in total. The Bertz CT molecular complexity index is 669. The molecule has 23 heavy (non-hydrogen) atoms. The molecule has 1 heterocycles. The molecule has 0 spiro atoms. The Labute approximate surface area is 139 Å². The maximum Gasteiger partial charge on any atom is 0.0411 e. The summed E-state index contributed by atoms with van der Waals surface area (Å²) in [6.07, 6.45) is 7.84. The van der Waals surface area contributed by atoms with Gasteiger partial charge in [0.1, 0.15) is 0 Å². The molecular weight excluding hydrogens is 280 g/mol. The zero-order valence-electron chi connectivity index (χ0n) is 14.1. The largest absolute Gasteiger partial charge is 0.372 e. The lowest BCUT2D eigenvalue weighted by Crippen LogP contribution is -2.17. The Morgan fingerprint density at radius 3 is 2.13 bits per heavy atom. The molecule has 4 rings (SSSR count). The predicted molar refractivity (Wildman–Crippen MR) is 99.0 cm³/mol. The lowest BCUT2D eigenvalue weighted by molar-refractivity contribution is 0.685. The van der Waals surface area contributed by atoms with Gasteiger partial charge in [-0.2, -0.15) is 0 Å². The molecule has 0 unspecified atom stereocenters. The molecule has 120 valence electrons. The van der Waals surface area contributed by atoms with E-state index in [0.29, 0.717) is 0 Å². The van der Waals surface area contributed by atoms with E-state index in [0.717, 1.165) is 0 Å². The zero-order valence-corrected chi connectivity index (χ0v) is 14.1. The lowest BCUT2D eigenvalue weighted by atomic mass is 9.91. The number of rotatable bonds is 3. The number of benzene rings is 2. The summed E-state index contributed by atoms with van der Waals surface area (Å²) in [5.74, 6) is 0. The van der Waals surface area contributed by atoms with Crippen LogP contribution in [0, 0.1) is 0 Å². The molecule has 0 aromatic heterocycles. The van der Waals surface area contributed by atoms with Gasteiger partial charge in [-0.3, -0.25) is 0 Å². The maximum absolute atomic E-state index is 2.49. The third-order valence-corrected chi connectivity index (χ3v) is 5.43. The fourth-order valence-corrected chi connectivity index (χ4v) is 3.94. The van der Waals surface area contributed by atoms with Crippen molar-refractivity contribution in [3.8, 4) is 0 Å². The topological polar surface area (TPSA) is 6.48 Å². The fourth-order valence-electron chi connectivity index (χ4n) is 3.94. The van der Waals surface area contributed by atoms with Gasteiger partial charge in [-0.05, 0) is 86.1 Å². The summed E-state index contributed by atoms with van der Waals surface area (Å²) in [4.78, 5) is 4.80. The van der Waals surface area contributed by atoms with E-state index in [2.05, 4.69) is 59.3 Å². The third kappa shape index (κ3) is 2.95. The highest BCUT2D eigenvalue weighted by Gasteiger charge is 2.14. The fraction of sp³-hybridized carbons (Fsp3) is 0.429. The molecule has 1 aliphatic heterocycles. The van der Waals surface area contributed by atoms with Gasteiger partial charge < -0.3 is 9.80 Å². The number of hydrogen-bond acceptors (Lipinski definition) is 2. The van der Waals surface area contributed by atoms with Crippen LogP contribution in [0.3, 0.4) is 0 Å². The van der Waals surface area contributed by atoms with Crippen LogP contribution >= 0.6 is 0 Å². The van der Waals surface area contributed by atoms with Crippen LogP contribution in [0.2, 0.25) is 0 Å². The molecule has 0 atom stereocenters. The molecule has 2 aliphatic rings. The Hall–Kier alpha value is -1.96. The van der Waals surface area contributed by atoms with Crippen molar-refractivity contribution in [3.05, 3.63) is 53.6 Å². The monoisotopic (exact) mass is 306 g/mol. The second-order valence-corrected chi connectivity index (χ2v) is 6.93. The van der Waals surface area contributed by atoms with Crippen LogP contribution in [-0.4, -0.2) is 20.1 Å². The van der Waals surface area contributed by atoms with Gasteiger partial charge in [0, 0.05) is 37.2 Å². The lowest BCUT2D eigenvalue weighted by Gasteiger charge is -2.24. The minimum Gasteiger partial charge on any atom is -0.372 e. The van der Waals surface area contributed by atoms with Crippen molar-refractivity contribution in [1.82, 2.24) is 0 Å². The smallest absolute Gasteiger partial charge is 0.0411 e. The molecule has 2 nitrogen and oxygen atoms in total. The van der Waals surface area contributed by atoms with E-state index in [1.807, 2.05) is 0 Å². The van der Waals surface area contributed by atoms with Crippen molar-refractivity contribution in [2.75, 3.05) is 29.9 Å². The van der Waals surface area contributed by atoms with Crippen molar-refractivity contribution in [2.45, 2.75) is 38.5 Å². The average molecular weight is 306 g/mol. The molecule has 1 fully saturated rings. The molecule has 0 saturated carbocycles. The van der Waals surface area contributed by atoms with Gasteiger partial charge in [-0.25, -0.2) is 0 Å². The first-order chi connectivity index (χ1) is 11.3. The van der Waals surface area contributed by atoms with E-state index in [9.17, 15) is 0 Å². The summed E-state index contributed by atoms with van der Waals surface area (Å²) < 4.78 is 0. The van der Waals surface area contributed by atoms with Crippen molar-refractivity contribution in [2.24, 2.45) is 0 Å². The van der Waals surface area contributed by atoms with Gasteiger partial charge in [0.2, 0.25) is 0 Å². The van der Waals surface area contributed by atoms with Crippen LogP contribution < -0.4 is 9.80 Å². The van der Waals surface area contributed by atoms with Crippen molar-refractivity contribution >= 4 is 17.1 Å². The van der Waals surface area contributed by atoms with Crippen LogP contribution in [0.4, 0.5) is 17.1 Å². The summed E-state index contributed by atoms with van der Waals surface area (Å²) in [6, 6.07) is 16.1. The van der Waals surface area contributed by atoms with E-state index >= 15 is 0 Å². The van der Waals surface area contributed by atoms with E-state index in [4.69, 9.17) is 0 Å². The molecule has 1 aliphatic carbocycles. The molecule has 2 aromatic rings.